The number of rotatable bonds is 3. The Morgan fingerprint density at radius 3 is 2.78 bits per heavy atom. The number of nitrogens with zero attached hydrogens (tertiary/aromatic N) is 1. The van der Waals surface area contributed by atoms with Gasteiger partial charge in [-0.2, -0.15) is 0 Å². The molecule has 0 unspecified atom stereocenters. The summed E-state index contributed by atoms with van der Waals surface area (Å²) in [6, 6.07) is 2.79. The van der Waals surface area contributed by atoms with E-state index in [0.717, 1.165) is 5.69 Å². The zero-order valence-electron chi connectivity index (χ0n) is 10.1. The van der Waals surface area contributed by atoms with Gasteiger partial charge in [0, 0.05) is 17.6 Å². The van der Waals surface area contributed by atoms with E-state index >= 15 is 0 Å². The first kappa shape index (κ1) is 12.5. The van der Waals surface area contributed by atoms with Crippen LogP contribution in [0.2, 0.25) is 0 Å². The van der Waals surface area contributed by atoms with Crippen molar-refractivity contribution in [2.75, 3.05) is 5.32 Å². The van der Waals surface area contributed by atoms with Gasteiger partial charge in [-0.25, -0.2) is 4.98 Å². The van der Waals surface area contributed by atoms with Crippen LogP contribution in [0, 0.1) is 0 Å². The van der Waals surface area contributed by atoms with Crippen LogP contribution in [0.25, 0.3) is 0 Å². The van der Waals surface area contributed by atoms with E-state index in [9.17, 15) is 9.59 Å². The zero-order valence-corrected chi connectivity index (χ0v) is 10.9. The average molecular weight is 263 g/mol. The number of pyridine rings is 1. The maximum absolute atomic E-state index is 11.8. The lowest BCUT2D eigenvalue weighted by Crippen LogP contribution is -2.14. The first-order valence-corrected chi connectivity index (χ1v) is 6.40. The Hall–Kier alpha value is -1.95. The smallest absolute Gasteiger partial charge is 0.258 e. The second kappa shape index (κ2) is 5.14. The van der Waals surface area contributed by atoms with Gasteiger partial charge in [-0.15, -0.1) is 11.3 Å². The van der Waals surface area contributed by atoms with Gasteiger partial charge in [0.1, 0.15) is 0 Å². The lowest BCUT2D eigenvalue weighted by atomic mass is 10.2. The molecular weight excluding hydrogens is 250 g/mol. The zero-order chi connectivity index (χ0) is 13.1. The molecule has 0 saturated carbocycles. The van der Waals surface area contributed by atoms with Crippen molar-refractivity contribution in [2.24, 2.45) is 0 Å². The number of aromatic amines is 1. The highest BCUT2D eigenvalue weighted by Crippen LogP contribution is 2.21. The fourth-order valence-electron chi connectivity index (χ4n) is 1.33. The molecule has 0 saturated heterocycles. The first-order chi connectivity index (χ1) is 8.56. The molecule has 0 aliphatic heterocycles. The number of hydrogen-bond donors (Lipinski definition) is 2. The molecule has 94 valence electrons. The Balaban J connectivity index is 2.11. The van der Waals surface area contributed by atoms with Gasteiger partial charge < -0.3 is 4.98 Å². The van der Waals surface area contributed by atoms with E-state index < -0.39 is 0 Å². The largest absolute Gasteiger partial charge is 0.328 e. The standard InChI is InChI=1S/C12H13N3O2S/c1-7(2)9-6-18-12(14-9)15-11(17)8-3-4-10(16)13-5-8/h3-7H,1-2H3,(H,13,16)(H,14,15,17). The average Bonchev–Trinajstić information content (AvgIpc) is 2.78. The van der Waals surface area contributed by atoms with Gasteiger partial charge in [0.15, 0.2) is 5.13 Å². The molecular formula is C12H13N3O2S. The third kappa shape index (κ3) is 2.84. The van der Waals surface area contributed by atoms with Crippen molar-refractivity contribution in [2.45, 2.75) is 19.8 Å². The molecule has 2 N–H and O–H groups in total. The lowest BCUT2D eigenvalue weighted by molar-refractivity contribution is 0.102. The molecule has 0 fully saturated rings. The van der Waals surface area contributed by atoms with Crippen LogP contribution in [0.15, 0.2) is 28.5 Å². The fourth-order valence-corrected chi connectivity index (χ4v) is 2.20. The highest BCUT2D eigenvalue weighted by atomic mass is 32.1. The molecule has 2 rings (SSSR count). The van der Waals surface area contributed by atoms with Crippen molar-refractivity contribution in [3.63, 3.8) is 0 Å². The number of hydrogen-bond acceptors (Lipinski definition) is 4. The van der Waals surface area contributed by atoms with Gasteiger partial charge in [-0.05, 0) is 12.0 Å². The topological polar surface area (TPSA) is 74.8 Å². The van der Waals surface area contributed by atoms with Gasteiger partial charge in [-0.3, -0.25) is 14.9 Å². The third-order valence-corrected chi connectivity index (χ3v) is 3.16. The van der Waals surface area contributed by atoms with E-state index in [4.69, 9.17) is 0 Å². The third-order valence-electron chi connectivity index (χ3n) is 2.38. The first-order valence-electron chi connectivity index (χ1n) is 5.52. The van der Waals surface area contributed by atoms with E-state index in [0.29, 0.717) is 16.6 Å². The Labute approximate surface area is 108 Å². The summed E-state index contributed by atoms with van der Waals surface area (Å²) in [7, 11) is 0. The molecule has 18 heavy (non-hydrogen) atoms. The molecule has 0 radical (unpaired) electrons. The van der Waals surface area contributed by atoms with Crippen LogP contribution in [0.4, 0.5) is 5.13 Å². The number of carbonyl (C=O) groups excluding carboxylic acids is 1. The Morgan fingerprint density at radius 2 is 2.22 bits per heavy atom. The normalized spacial score (nSPS) is 10.6. The monoisotopic (exact) mass is 263 g/mol. The fraction of sp³-hybridized carbons (Fsp3) is 0.250. The summed E-state index contributed by atoms with van der Waals surface area (Å²) in [5.41, 5.74) is 1.12. The molecule has 0 aliphatic rings. The second-order valence-electron chi connectivity index (χ2n) is 4.13. The predicted molar refractivity (Wildman–Crippen MR) is 71.2 cm³/mol. The van der Waals surface area contributed by atoms with E-state index in [2.05, 4.69) is 15.3 Å². The van der Waals surface area contributed by atoms with Crippen molar-refractivity contribution in [3.8, 4) is 0 Å². The molecule has 0 bridgehead atoms. The summed E-state index contributed by atoms with van der Waals surface area (Å²) in [6.45, 7) is 4.09. The molecule has 0 spiro atoms. The molecule has 2 aromatic rings. The maximum atomic E-state index is 11.8. The van der Waals surface area contributed by atoms with Crippen LogP contribution in [0.3, 0.4) is 0 Å². The van der Waals surface area contributed by atoms with Gasteiger partial charge in [0.25, 0.3) is 5.91 Å². The van der Waals surface area contributed by atoms with Crippen molar-refractivity contribution >= 4 is 22.4 Å². The van der Waals surface area contributed by atoms with Gasteiger partial charge in [0.2, 0.25) is 5.56 Å². The number of anilines is 1. The van der Waals surface area contributed by atoms with Crippen molar-refractivity contribution < 1.29 is 4.79 Å². The molecule has 0 atom stereocenters. The van der Waals surface area contributed by atoms with E-state index in [-0.39, 0.29) is 11.5 Å². The van der Waals surface area contributed by atoms with E-state index in [1.807, 2.05) is 19.2 Å². The molecule has 6 heteroatoms. The van der Waals surface area contributed by atoms with Crippen LogP contribution in [0.1, 0.15) is 35.8 Å². The summed E-state index contributed by atoms with van der Waals surface area (Å²) in [6.07, 6.45) is 1.38. The minimum atomic E-state index is -0.282. The highest BCUT2D eigenvalue weighted by Gasteiger charge is 2.10. The summed E-state index contributed by atoms with van der Waals surface area (Å²) < 4.78 is 0. The Bertz CT molecular complexity index is 595. The Kier molecular flexibility index (Phi) is 3.57. The Morgan fingerprint density at radius 1 is 1.44 bits per heavy atom. The highest BCUT2D eigenvalue weighted by molar-refractivity contribution is 7.14. The van der Waals surface area contributed by atoms with Crippen LogP contribution in [0.5, 0.6) is 0 Å². The summed E-state index contributed by atoms with van der Waals surface area (Å²) >= 11 is 1.39. The molecule has 1 amide bonds. The minimum Gasteiger partial charge on any atom is -0.328 e. The molecule has 0 aromatic carbocycles. The van der Waals surface area contributed by atoms with Crippen molar-refractivity contribution in [3.05, 3.63) is 45.3 Å². The number of nitrogens with one attached hydrogen (secondary N) is 2. The predicted octanol–water partition coefficient (Wildman–Crippen LogP) is 2.21. The maximum Gasteiger partial charge on any atom is 0.258 e. The number of thiazole rings is 1. The molecule has 2 heterocycles. The summed E-state index contributed by atoms with van der Waals surface area (Å²) in [4.78, 5) is 29.5. The van der Waals surface area contributed by atoms with Crippen molar-refractivity contribution in [1.29, 1.82) is 0 Å². The number of amides is 1. The van der Waals surface area contributed by atoms with Gasteiger partial charge >= 0.3 is 0 Å². The number of aromatic nitrogens is 2. The molecule has 5 nitrogen and oxygen atoms in total. The van der Waals surface area contributed by atoms with Crippen LogP contribution >= 0.6 is 11.3 Å². The molecule has 2 aromatic heterocycles. The quantitative estimate of drug-likeness (QED) is 0.891. The number of carbonyl (C=O) groups is 1. The van der Waals surface area contributed by atoms with Gasteiger partial charge in [-0.1, -0.05) is 13.8 Å². The van der Waals surface area contributed by atoms with E-state index in [1.165, 1.54) is 29.7 Å². The molecule has 0 aliphatic carbocycles. The lowest BCUT2D eigenvalue weighted by Gasteiger charge is -2.01. The van der Waals surface area contributed by atoms with Crippen LogP contribution in [-0.4, -0.2) is 15.9 Å². The van der Waals surface area contributed by atoms with Crippen molar-refractivity contribution in [1.82, 2.24) is 9.97 Å². The summed E-state index contributed by atoms with van der Waals surface area (Å²) in [5.74, 6) is 0.0517. The SMILES string of the molecule is CC(C)c1csc(NC(=O)c2ccc(=O)[nH]c2)n1. The van der Waals surface area contributed by atoms with Crippen LogP contribution in [-0.2, 0) is 0 Å². The van der Waals surface area contributed by atoms with Crippen LogP contribution < -0.4 is 10.9 Å². The second-order valence-corrected chi connectivity index (χ2v) is 4.99. The minimum absolute atomic E-state index is 0.233. The van der Waals surface area contributed by atoms with E-state index in [1.54, 1.807) is 0 Å². The van der Waals surface area contributed by atoms with Gasteiger partial charge in [0.05, 0.1) is 11.3 Å². The number of H-pyrrole nitrogens is 1. The summed E-state index contributed by atoms with van der Waals surface area (Å²) in [5, 5.41) is 5.19.